The van der Waals surface area contributed by atoms with Gasteiger partial charge in [-0.3, -0.25) is 14.3 Å². The minimum atomic E-state index is -3.57. The van der Waals surface area contributed by atoms with Crippen LogP contribution in [-0.2, 0) is 19.6 Å². The summed E-state index contributed by atoms with van der Waals surface area (Å²) >= 11 is 0. The highest BCUT2D eigenvalue weighted by Gasteiger charge is 2.22. The summed E-state index contributed by atoms with van der Waals surface area (Å²) in [5, 5.41) is 0. The molecule has 0 saturated carbocycles. The van der Waals surface area contributed by atoms with Gasteiger partial charge in [-0.15, -0.1) is 0 Å². The number of carbonyl (C=O) groups excluding carboxylic acids is 2. The van der Waals surface area contributed by atoms with Crippen molar-refractivity contribution in [2.75, 3.05) is 13.3 Å². The van der Waals surface area contributed by atoms with E-state index in [1.807, 2.05) is 0 Å². The topological polar surface area (TPSA) is 83.6 Å². The lowest BCUT2D eigenvalue weighted by Gasteiger charge is -2.21. The molecular formula is C7H14N2O4S. The summed E-state index contributed by atoms with van der Waals surface area (Å²) in [4.78, 5) is 23.2. The lowest BCUT2D eigenvalue weighted by Crippen LogP contribution is -2.46. The van der Waals surface area contributed by atoms with Crippen LogP contribution in [0.2, 0.25) is 0 Å². The summed E-state index contributed by atoms with van der Waals surface area (Å²) in [6.07, 6.45) is 0.880. The molecule has 0 radical (unpaired) electrons. The number of amides is 2. The van der Waals surface area contributed by atoms with Gasteiger partial charge in [0.15, 0.2) is 0 Å². The molecule has 0 aromatic heterocycles. The average Bonchev–Trinajstić information content (AvgIpc) is 1.98. The summed E-state index contributed by atoms with van der Waals surface area (Å²) in [6, 6.07) is -0.803. The molecule has 0 aromatic rings. The standard InChI is InChI=1S/C7H14N2O4S/c1-5(9(3)6(2)10)7(11)8-14(4,12)13/h5H,1-4H3,(H,8,11). The molecule has 1 N–H and O–H groups in total. The van der Waals surface area contributed by atoms with Crippen LogP contribution in [0.25, 0.3) is 0 Å². The molecule has 6 nitrogen and oxygen atoms in total. The van der Waals surface area contributed by atoms with Gasteiger partial charge in [0.2, 0.25) is 15.9 Å². The summed E-state index contributed by atoms with van der Waals surface area (Å²) in [7, 11) is -2.14. The Morgan fingerprint density at radius 3 is 2.07 bits per heavy atom. The molecule has 0 saturated heterocycles. The summed E-state index contributed by atoms with van der Waals surface area (Å²) in [6.45, 7) is 2.74. The number of likely N-dealkylation sites (N-methyl/N-ethyl adjacent to an activating group) is 1. The molecule has 0 aliphatic heterocycles. The predicted octanol–water partition coefficient (Wildman–Crippen LogP) is -1.07. The van der Waals surface area contributed by atoms with E-state index in [0.717, 1.165) is 11.2 Å². The van der Waals surface area contributed by atoms with Crippen molar-refractivity contribution in [3.63, 3.8) is 0 Å². The van der Waals surface area contributed by atoms with Crippen molar-refractivity contribution in [1.82, 2.24) is 9.62 Å². The van der Waals surface area contributed by atoms with Gasteiger partial charge in [-0.2, -0.15) is 0 Å². The maximum atomic E-state index is 11.2. The average molecular weight is 222 g/mol. The van der Waals surface area contributed by atoms with Crippen LogP contribution in [0.3, 0.4) is 0 Å². The molecule has 1 unspecified atom stereocenters. The fourth-order valence-electron chi connectivity index (χ4n) is 0.717. The molecule has 0 bridgehead atoms. The Bertz CT molecular complexity index is 336. The number of nitrogens with zero attached hydrogens (tertiary/aromatic N) is 1. The van der Waals surface area contributed by atoms with E-state index in [1.165, 1.54) is 20.9 Å². The zero-order valence-electron chi connectivity index (χ0n) is 8.57. The fraction of sp³-hybridized carbons (Fsp3) is 0.714. The lowest BCUT2D eigenvalue weighted by atomic mass is 10.3. The molecule has 0 fully saturated rings. The van der Waals surface area contributed by atoms with Gasteiger partial charge in [-0.05, 0) is 6.92 Å². The van der Waals surface area contributed by atoms with Crippen LogP contribution < -0.4 is 4.72 Å². The second-order valence-electron chi connectivity index (χ2n) is 3.04. The number of hydrogen-bond donors (Lipinski definition) is 1. The van der Waals surface area contributed by atoms with E-state index in [2.05, 4.69) is 0 Å². The van der Waals surface area contributed by atoms with Crippen LogP contribution in [0, 0.1) is 0 Å². The third kappa shape index (κ3) is 4.22. The van der Waals surface area contributed by atoms with Crippen LogP contribution in [0.4, 0.5) is 0 Å². The van der Waals surface area contributed by atoms with E-state index < -0.39 is 22.0 Å². The number of carbonyl (C=O) groups is 2. The number of rotatable bonds is 3. The van der Waals surface area contributed by atoms with Crippen LogP contribution >= 0.6 is 0 Å². The van der Waals surface area contributed by atoms with Crippen LogP contribution in [0.1, 0.15) is 13.8 Å². The smallest absolute Gasteiger partial charge is 0.255 e. The van der Waals surface area contributed by atoms with Gasteiger partial charge < -0.3 is 4.90 Å². The third-order valence-electron chi connectivity index (χ3n) is 1.74. The molecule has 82 valence electrons. The first kappa shape index (κ1) is 12.9. The van der Waals surface area contributed by atoms with Crippen molar-refractivity contribution in [1.29, 1.82) is 0 Å². The van der Waals surface area contributed by atoms with Gasteiger partial charge in [-0.1, -0.05) is 0 Å². The third-order valence-corrected chi connectivity index (χ3v) is 2.32. The Labute approximate surface area is 83.3 Å². The van der Waals surface area contributed by atoms with E-state index in [0.29, 0.717) is 0 Å². The Morgan fingerprint density at radius 1 is 1.36 bits per heavy atom. The van der Waals surface area contributed by atoms with Crippen LogP contribution in [0.5, 0.6) is 0 Å². The first-order valence-corrected chi connectivity index (χ1v) is 5.79. The molecule has 14 heavy (non-hydrogen) atoms. The largest absolute Gasteiger partial charge is 0.334 e. The predicted molar refractivity (Wildman–Crippen MR) is 50.9 cm³/mol. The van der Waals surface area contributed by atoms with E-state index in [-0.39, 0.29) is 5.91 Å². The summed E-state index contributed by atoms with van der Waals surface area (Å²) < 4.78 is 23.2. The van der Waals surface area contributed by atoms with Gasteiger partial charge >= 0.3 is 0 Å². The highest BCUT2D eigenvalue weighted by molar-refractivity contribution is 7.89. The SMILES string of the molecule is CC(=O)N(C)C(C)C(=O)NS(C)(=O)=O. The van der Waals surface area contributed by atoms with Crippen molar-refractivity contribution in [2.24, 2.45) is 0 Å². The Balaban J connectivity index is 4.49. The van der Waals surface area contributed by atoms with Crippen molar-refractivity contribution in [3.8, 4) is 0 Å². The normalized spacial score (nSPS) is 13.1. The second kappa shape index (κ2) is 4.41. The zero-order chi connectivity index (χ0) is 11.5. The molecule has 2 amide bonds. The van der Waals surface area contributed by atoms with E-state index >= 15 is 0 Å². The van der Waals surface area contributed by atoms with Gasteiger partial charge in [0.25, 0.3) is 5.91 Å². The Hall–Kier alpha value is -1.11. The van der Waals surface area contributed by atoms with E-state index in [9.17, 15) is 18.0 Å². The van der Waals surface area contributed by atoms with E-state index in [4.69, 9.17) is 0 Å². The molecule has 0 rings (SSSR count). The molecule has 0 spiro atoms. The maximum Gasteiger partial charge on any atom is 0.255 e. The summed E-state index contributed by atoms with van der Waals surface area (Å²) in [5.41, 5.74) is 0. The van der Waals surface area contributed by atoms with Gasteiger partial charge in [0.05, 0.1) is 6.26 Å². The molecule has 0 heterocycles. The van der Waals surface area contributed by atoms with Gasteiger partial charge in [-0.25, -0.2) is 8.42 Å². The quantitative estimate of drug-likeness (QED) is 0.659. The van der Waals surface area contributed by atoms with E-state index in [1.54, 1.807) is 4.72 Å². The summed E-state index contributed by atoms with van der Waals surface area (Å²) in [5.74, 6) is -1.02. The maximum absolute atomic E-state index is 11.2. The fourth-order valence-corrected chi connectivity index (χ4v) is 1.25. The number of hydrogen-bond acceptors (Lipinski definition) is 4. The number of sulfonamides is 1. The molecule has 1 atom stereocenters. The highest BCUT2D eigenvalue weighted by Crippen LogP contribution is 1.96. The van der Waals surface area contributed by atoms with Crippen LogP contribution in [0.15, 0.2) is 0 Å². The van der Waals surface area contributed by atoms with Crippen molar-refractivity contribution >= 4 is 21.8 Å². The minimum absolute atomic E-state index is 0.304. The van der Waals surface area contributed by atoms with Crippen molar-refractivity contribution in [2.45, 2.75) is 19.9 Å². The lowest BCUT2D eigenvalue weighted by molar-refractivity contribution is -0.136. The molecule has 0 aliphatic carbocycles. The molecule has 7 heteroatoms. The second-order valence-corrected chi connectivity index (χ2v) is 4.79. The molecule has 0 aromatic carbocycles. The van der Waals surface area contributed by atoms with Crippen molar-refractivity contribution < 1.29 is 18.0 Å². The van der Waals surface area contributed by atoms with Crippen molar-refractivity contribution in [3.05, 3.63) is 0 Å². The van der Waals surface area contributed by atoms with Gasteiger partial charge in [0, 0.05) is 14.0 Å². The van der Waals surface area contributed by atoms with Crippen LogP contribution in [-0.4, -0.2) is 44.5 Å². The monoisotopic (exact) mass is 222 g/mol. The van der Waals surface area contributed by atoms with Gasteiger partial charge in [0.1, 0.15) is 6.04 Å². The first-order chi connectivity index (χ1) is 6.15. The minimum Gasteiger partial charge on any atom is -0.334 e. The highest BCUT2D eigenvalue weighted by atomic mass is 32.2. The first-order valence-electron chi connectivity index (χ1n) is 3.90. The number of nitrogens with one attached hydrogen (secondary N) is 1. The molecule has 0 aliphatic rings. The zero-order valence-corrected chi connectivity index (χ0v) is 9.38. The Morgan fingerprint density at radius 2 is 1.79 bits per heavy atom. The molecular weight excluding hydrogens is 208 g/mol. The Kier molecular flexibility index (Phi) is 4.06.